The summed E-state index contributed by atoms with van der Waals surface area (Å²) in [5.74, 6) is 12.7. The molecule has 3 N–H and O–H groups in total. The number of Topliss-reactive ketones (excluding diaryl/α,β-unsaturated/α-hetero) is 2. The zero-order valence-electron chi connectivity index (χ0n) is 38.2. The van der Waals surface area contributed by atoms with Crippen LogP contribution in [-0.4, -0.2) is 58.3 Å². The number of nitrogens with zero attached hydrogens (tertiary/aromatic N) is 3. The quantitative estimate of drug-likeness (QED) is 0.257. The number of aliphatic hydroxyl groups is 2. The first kappa shape index (κ1) is 45.3. The third-order valence-electron chi connectivity index (χ3n) is 20.6. The molecule has 9 heteroatoms. The molecule has 0 aromatic carbocycles. The Kier molecular flexibility index (Phi) is 12.1. The molecule has 62 heavy (non-hydrogen) atoms. The molecule has 0 amide bonds. The number of carbonyl (C=O) groups is 2. The Morgan fingerprint density at radius 1 is 0.661 bits per heavy atom. The molecule has 2 aromatic heterocycles. The van der Waals surface area contributed by atoms with Gasteiger partial charge in [-0.25, -0.2) is 0 Å². The van der Waals surface area contributed by atoms with Crippen molar-refractivity contribution >= 4 is 27.5 Å². The van der Waals surface area contributed by atoms with Crippen LogP contribution in [-0.2, 0) is 16.1 Å². The number of nitrogens with one attached hydrogen (secondary N) is 1. The van der Waals surface area contributed by atoms with Crippen LogP contribution in [0.25, 0.3) is 0 Å². The van der Waals surface area contributed by atoms with Gasteiger partial charge in [-0.3, -0.25) is 19.4 Å². The molecule has 0 unspecified atom stereocenters. The van der Waals surface area contributed by atoms with Crippen molar-refractivity contribution in [2.45, 2.75) is 169 Å². The Labute approximate surface area is 381 Å². The number of halogens is 1. The molecule has 0 radical (unpaired) electrons. The Morgan fingerprint density at radius 3 is 1.58 bits per heavy atom. The SMILES string of the molecule is C.C[C@@]1(O)CC[C@H]2[C@H](CC[C@@H]3[C@@H]2CC[C@@]2(C)[C@H]3[C@@H]3C[C@@H]3[C@@H]2C(=O)CBr)C1.Cc1cn[nH]c1.Cc1cnn(CC(=O)[C@H]2[C@H]3C[C@H]3[C@H]3[C@@H]4CC[C@@H]5C[C@](C)(O)CC[C@@H]5[C@H]4CC[C@@]32C)c1. The number of rotatable bonds is 5. The lowest BCUT2D eigenvalue weighted by molar-refractivity contribution is -0.136. The number of aromatic amines is 1. The van der Waals surface area contributed by atoms with Gasteiger partial charge in [0.2, 0.25) is 0 Å². The first-order valence-electron chi connectivity index (χ1n) is 25.0. The molecule has 10 aliphatic rings. The zero-order chi connectivity index (χ0) is 42.8. The first-order chi connectivity index (χ1) is 29.0. The van der Waals surface area contributed by atoms with Gasteiger partial charge in [0.15, 0.2) is 5.78 Å². The predicted molar refractivity (Wildman–Crippen MR) is 248 cm³/mol. The van der Waals surface area contributed by atoms with E-state index in [1.165, 1.54) is 82.6 Å². The molecular formula is C53H81BrN4O4. The Morgan fingerprint density at radius 2 is 1.16 bits per heavy atom. The van der Waals surface area contributed by atoms with Crippen LogP contribution in [0.5, 0.6) is 0 Å². The molecule has 10 fully saturated rings. The van der Waals surface area contributed by atoms with E-state index in [9.17, 15) is 19.8 Å². The number of aryl methyl sites for hydroxylation is 2. The summed E-state index contributed by atoms with van der Waals surface area (Å²) in [4.78, 5) is 26.2. The van der Waals surface area contributed by atoms with Crippen LogP contribution in [0, 0.1) is 119 Å². The Hall–Kier alpha value is -1.84. The lowest BCUT2D eigenvalue weighted by atomic mass is 9.48. The molecule has 344 valence electrons. The molecule has 0 saturated heterocycles. The highest BCUT2D eigenvalue weighted by Crippen LogP contribution is 2.76. The largest absolute Gasteiger partial charge is 0.390 e. The van der Waals surface area contributed by atoms with E-state index in [2.05, 4.69) is 58.9 Å². The fraction of sp³-hybridized carbons (Fsp3) is 0.849. The Balaban J connectivity index is 0.000000139. The maximum absolute atomic E-state index is 13.5. The number of aromatic nitrogens is 4. The maximum Gasteiger partial charge on any atom is 0.158 e. The smallest absolute Gasteiger partial charge is 0.158 e. The lowest BCUT2D eigenvalue weighted by Gasteiger charge is -2.57. The molecule has 10 saturated carbocycles. The van der Waals surface area contributed by atoms with Crippen LogP contribution in [0.1, 0.15) is 149 Å². The van der Waals surface area contributed by atoms with Crippen molar-refractivity contribution in [1.82, 2.24) is 20.0 Å². The molecule has 8 nitrogen and oxygen atoms in total. The van der Waals surface area contributed by atoms with Gasteiger partial charge < -0.3 is 10.2 Å². The van der Waals surface area contributed by atoms with Crippen LogP contribution in [0.3, 0.4) is 0 Å². The van der Waals surface area contributed by atoms with Gasteiger partial charge in [0.1, 0.15) is 5.78 Å². The van der Waals surface area contributed by atoms with E-state index >= 15 is 0 Å². The number of hydrogen-bond donors (Lipinski definition) is 3. The summed E-state index contributed by atoms with van der Waals surface area (Å²) < 4.78 is 1.86. The van der Waals surface area contributed by atoms with Crippen molar-refractivity contribution in [2.75, 3.05) is 5.33 Å². The standard InChI is InChI=1S/C26H38N2O2.C22H33BrO2.C4H6N2.CH4/c1-15-12-27-28(13-15)14-22(29)24-21-10-20(21)23-19-5-4-16-11-25(2,30)8-6-17(16)18(19)7-9-26(23,24)3;1-21(25)7-5-13-12(10-21)3-4-15-14(13)6-8-22(2)19(15)16-9-17(16)20(22)18(24)11-23;1-4-2-5-6-3-4;/h12-13,16-21,23-24,30H,4-11,14H2,1-3H3;12-17,19-20,25H,3-11H2,1-2H3;2-3H,1H3,(H,5,6);1H4/t16-,17+,18-,19-,20-,21+,23-,24-,25-,26+;12-,13+,14-,15-,16-,17+,19-,20-,21-,22+;;/m11../s1. The number of alkyl halides is 1. The fourth-order valence-electron chi connectivity index (χ4n) is 18.5. The molecule has 2 heterocycles. The zero-order valence-corrected chi connectivity index (χ0v) is 39.8. The summed E-state index contributed by atoms with van der Waals surface area (Å²) in [7, 11) is 0. The maximum atomic E-state index is 13.5. The second-order valence-electron chi connectivity index (χ2n) is 24.4. The van der Waals surface area contributed by atoms with Gasteiger partial charge in [-0.05, 0) is 235 Å². The van der Waals surface area contributed by atoms with Gasteiger partial charge >= 0.3 is 0 Å². The van der Waals surface area contributed by atoms with Gasteiger partial charge in [-0.15, -0.1) is 0 Å². The van der Waals surface area contributed by atoms with Crippen molar-refractivity contribution in [1.29, 1.82) is 0 Å². The summed E-state index contributed by atoms with van der Waals surface area (Å²) in [6.45, 7) is 13.5. The van der Waals surface area contributed by atoms with Gasteiger partial charge in [0, 0.05) is 24.2 Å². The highest BCUT2D eigenvalue weighted by Gasteiger charge is 2.72. The van der Waals surface area contributed by atoms with E-state index in [1.54, 1.807) is 6.20 Å². The van der Waals surface area contributed by atoms with Crippen LogP contribution in [0.15, 0.2) is 24.8 Å². The molecule has 10 aliphatic carbocycles. The van der Waals surface area contributed by atoms with Gasteiger partial charge in [0.05, 0.1) is 35.5 Å². The van der Waals surface area contributed by atoms with E-state index in [-0.39, 0.29) is 24.2 Å². The number of carbonyl (C=O) groups excluding carboxylic acids is 2. The topological polar surface area (TPSA) is 121 Å². The predicted octanol–water partition coefficient (Wildman–Crippen LogP) is 10.8. The second kappa shape index (κ2) is 16.5. The van der Waals surface area contributed by atoms with E-state index in [1.807, 2.05) is 37.1 Å². The minimum atomic E-state index is -0.436. The monoisotopic (exact) mass is 917 g/mol. The highest BCUT2D eigenvalue weighted by molar-refractivity contribution is 9.09. The van der Waals surface area contributed by atoms with Gasteiger partial charge in [-0.2, -0.15) is 10.2 Å². The van der Waals surface area contributed by atoms with Crippen molar-refractivity contribution in [3.05, 3.63) is 35.9 Å². The highest BCUT2D eigenvalue weighted by atomic mass is 79.9. The summed E-state index contributed by atoms with van der Waals surface area (Å²) in [6.07, 6.45) is 27.1. The summed E-state index contributed by atoms with van der Waals surface area (Å²) in [5, 5.41) is 32.5. The lowest BCUT2D eigenvalue weighted by Crippen LogP contribution is -2.52. The van der Waals surface area contributed by atoms with Crippen LogP contribution in [0.4, 0.5) is 0 Å². The molecule has 12 rings (SSSR count). The van der Waals surface area contributed by atoms with E-state index < -0.39 is 11.2 Å². The van der Waals surface area contributed by atoms with Crippen molar-refractivity contribution in [3.63, 3.8) is 0 Å². The fourth-order valence-corrected chi connectivity index (χ4v) is 18.9. The van der Waals surface area contributed by atoms with Crippen molar-refractivity contribution < 1.29 is 19.8 Å². The molecule has 20 atom stereocenters. The Bertz CT molecular complexity index is 1940. The van der Waals surface area contributed by atoms with E-state index in [0.29, 0.717) is 41.2 Å². The third kappa shape index (κ3) is 7.79. The molecule has 0 aliphatic heterocycles. The first-order valence-corrected chi connectivity index (χ1v) is 26.1. The van der Waals surface area contributed by atoms with Gasteiger partial charge in [-0.1, -0.05) is 37.2 Å². The average molecular weight is 918 g/mol. The second-order valence-corrected chi connectivity index (χ2v) is 25.0. The molecule has 0 spiro atoms. The van der Waals surface area contributed by atoms with Crippen LogP contribution in [0.2, 0.25) is 0 Å². The normalized spacial score (nSPS) is 49.7. The van der Waals surface area contributed by atoms with E-state index in [0.717, 1.165) is 102 Å². The minimum Gasteiger partial charge on any atom is -0.390 e. The van der Waals surface area contributed by atoms with Crippen molar-refractivity contribution in [2.24, 2.45) is 106 Å². The summed E-state index contributed by atoms with van der Waals surface area (Å²) >= 11 is 3.46. The molecular weight excluding hydrogens is 837 g/mol. The van der Waals surface area contributed by atoms with Gasteiger partial charge in [0.25, 0.3) is 0 Å². The van der Waals surface area contributed by atoms with Crippen molar-refractivity contribution in [3.8, 4) is 0 Å². The molecule has 2 aromatic rings. The number of fused-ring (bicyclic) bond motifs is 14. The molecule has 0 bridgehead atoms. The van der Waals surface area contributed by atoms with E-state index in [4.69, 9.17) is 0 Å². The minimum absolute atomic E-state index is 0. The number of H-pyrrole nitrogens is 1. The third-order valence-corrected chi connectivity index (χ3v) is 21.1. The number of hydrogen-bond acceptors (Lipinski definition) is 6. The van der Waals surface area contributed by atoms with Crippen LogP contribution >= 0.6 is 15.9 Å². The number of ketones is 2. The summed E-state index contributed by atoms with van der Waals surface area (Å²) in [6, 6.07) is 0. The average Bonchev–Trinajstić information content (AvgIpc) is 3.96. The summed E-state index contributed by atoms with van der Waals surface area (Å²) in [5.41, 5.74) is 1.95. The van der Waals surface area contributed by atoms with Crippen LogP contribution < -0.4 is 0 Å².